The predicted molar refractivity (Wildman–Crippen MR) is 144 cm³/mol. The van der Waals surface area contributed by atoms with Gasteiger partial charge in [-0.1, -0.05) is 29.3 Å². The number of aryl methyl sites for hydroxylation is 2. The van der Waals surface area contributed by atoms with Gasteiger partial charge in [-0.05, 0) is 65.2 Å². The van der Waals surface area contributed by atoms with E-state index in [-0.39, 0.29) is 11.6 Å². The lowest BCUT2D eigenvalue weighted by Crippen LogP contribution is -2.24. The number of nitrogens with zero attached hydrogens (tertiary/aromatic N) is 8. The van der Waals surface area contributed by atoms with E-state index in [9.17, 15) is 4.79 Å². The first-order valence-electron chi connectivity index (χ1n) is 11.9. The lowest BCUT2D eigenvalue weighted by molar-refractivity contribution is 0.572. The van der Waals surface area contributed by atoms with Crippen molar-refractivity contribution in [1.82, 2.24) is 44.3 Å². The Balaban J connectivity index is 1.28. The van der Waals surface area contributed by atoms with Gasteiger partial charge in [0.05, 0.1) is 29.1 Å². The zero-order valence-corrected chi connectivity index (χ0v) is 21.5. The van der Waals surface area contributed by atoms with Crippen LogP contribution in [0.2, 0.25) is 10.2 Å². The molecule has 5 heterocycles. The maximum atomic E-state index is 13.5. The van der Waals surface area contributed by atoms with E-state index in [0.717, 1.165) is 45.5 Å². The van der Waals surface area contributed by atoms with Gasteiger partial charge in [0, 0.05) is 35.0 Å². The summed E-state index contributed by atoms with van der Waals surface area (Å²) in [6.07, 6.45) is 4.71. The molecule has 0 saturated heterocycles. The Morgan fingerprint density at radius 3 is 2.76 bits per heavy atom. The molecular weight excluding hydrogens is 525 g/mol. The molecule has 38 heavy (non-hydrogen) atoms. The fourth-order valence-electron chi connectivity index (χ4n) is 5.22. The highest BCUT2D eigenvalue weighted by Gasteiger charge is 2.29. The van der Waals surface area contributed by atoms with Crippen molar-refractivity contribution >= 4 is 34.2 Å². The van der Waals surface area contributed by atoms with Gasteiger partial charge in [0.2, 0.25) is 0 Å². The highest BCUT2D eigenvalue weighted by Crippen LogP contribution is 2.36. The highest BCUT2D eigenvalue weighted by molar-refractivity contribution is 6.32. The maximum absolute atomic E-state index is 13.5. The number of fused-ring (bicyclic) bond motifs is 2. The summed E-state index contributed by atoms with van der Waals surface area (Å²) >= 11 is 12.9. The number of pyridine rings is 1. The third-order valence-corrected chi connectivity index (χ3v) is 7.50. The van der Waals surface area contributed by atoms with Gasteiger partial charge < -0.3 is 14.1 Å². The van der Waals surface area contributed by atoms with Crippen molar-refractivity contribution in [1.29, 1.82) is 0 Å². The number of aromatic amines is 1. The van der Waals surface area contributed by atoms with E-state index in [1.807, 2.05) is 48.0 Å². The van der Waals surface area contributed by atoms with Crippen LogP contribution in [0.1, 0.15) is 24.0 Å². The van der Waals surface area contributed by atoms with Crippen LogP contribution < -0.4 is 5.56 Å². The van der Waals surface area contributed by atoms with Crippen molar-refractivity contribution in [3.63, 3.8) is 0 Å². The second kappa shape index (κ2) is 8.64. The van der Waals surface area contributed by atoms with Crippen LogP contribution in [0.3, 0.4) is 0 Å². The molecule has 1 unspecified atom stereocenters. The summed E-state index contributed by atoms with van der Waals surface area (Å²) in [5.41, 5.74) is 6.40. The van der Waals surface area contributed by atoms with Crippen LogP contribution in [0.5, 0.6) is 0 Å². The predicted octanol–water partition coefficient (Wildman–Crippen LogP) is 4.61. The normalized spacial score (nSPS) is 14.9. The molecule has 1 aliphatic rings. The first-order valence-corrected chi connectivity index (χ1v) is 12.7. The van der Waals surface area contributed by atoms with Crippen LogP contribution in [-0.4, -0.2) is 44.3 Å². The maximum Gasteiger partial charge on any atom is 0.252 e. The summed E-state index contributed by atoms with van der Waals surface area (Å²) in [6, 6.07) is 14.7. The lowest BCUT2D eigenvalue weighted by Gasteiger charge is -2.15. The fourth-order valence-corrected chi connectivity index (χ4v) is 5.64. The zero-order chi connectivity index (χ0) is 26.0. The van der Waals surface area contributed by atoms with Crippen LogP contribution in [0, 0.1) is 0 Å². The van der Waals surface area contributed by atoms with Gasteiger partial charge in [-0.3, -0.25) is 4.79 Å². The Morgan fingerprint density at radius 2 is 1.92 bits per heavy atom. The molecule has 0 saturated carbocycles. The number of nitrogens with one attached hydrogen (secondary N) is 1. The molecule has 10 nitrogen and oxygen atoms in total. The minimum absolute atomic E-state index is 0.133. The number of imidazole rings is 2. The molecular formula is C26H19Cl2N9O. The van der Waals surface area contributed by atoms with Crippen molar-refractivity contribution in [3.05, 3.63) is 93.2 Å². The molecule has 4 aromatic heterocycles. The number of halogens is 2. The molecule has 1 aliphatic heterocycles. The smallest absolute Gasteiger partial charge is 0.252 e. The average Bonchev–Trinajstić information content (AvgIpc) is 3.71. The molecule has 2 aromatic carbocycles. The van der Waals surface area contributed by atoms with Crippen LogP contribution in [0.4, 0.5) is 0 Å². The molecule has 1 N–H and O–H groups in total. The Labute approximate surface area is 225 Å². The number of aromatic nitrogens is 9. The quantitative estimate of drug-likeness (QED) is 0.347. The third-order valence-electron chi connectivity index (χ3n) is 6.99. The van der Waals surface area contributed by atoms with E-state index in [4.69, 9.17) is 28.2 Å². The number of rotatable bonds is 4. The molecule has 1 atom stereocenters. The van der Waals surface area contributed by atoms with Gasteiger partial charge in [-0.15, -0.1) is 5.10 Å². The number of hydrogen-bond donors (Lipinski definition) is 1. The molecule has 12 heteroatoms. The van der Waals surface area contributed by atoms with Gasteiger partial charge in [0.15, 0.2) is 0 Å². The summed E-state index contributed by atoms with van der Waals surface area (Å²) in [4.78, 5) is 26.0. The number of tetrazole rings is 1. The molecule has 0 aliphatic carbocycles. The number of benzene rings is 2. The minimum Gasteiger partial charge on any atom is -0.334 e. The molecule has 0 amide bonds. The first-order chi connectivity index (χ1) is 18.5. The van der Waals surface area contributed by atoms with Gasteiger partial charge >= 0.3 is 0 Å². The minimum atomic E-state index is -0.255. The van der Waals surface area contributed by atoms with Crippen LogP contribution in [0.15, 0.2) is 66.0 Å². The van der Waals surface area contributed by atoms with Crippen molar-refractivity contribution in [2.75, 3.05) is 0 Å². The van der Waals surface area contributed by atoms with Crippen LogP contribution in [-0.2, 0) is 13.5 Å². The van der Waals surface area contributed by atoms with Gasteiger partial charge in [-0.25, -0.2) is 9.97 Å². The second-order valence-corrected chi connectivity index (χ2v) is 10.1. The number of hydrogen-bond acceptors (Lipinski definition) is 6. The van der Waals surface area contributed by atoms with E-state index in [0.29, 0.717) is 28.1 Å². The van der Waals surface area contributed by atoms with E-state index in [1.54, 1.807) is 27.7 Å². The summed E-state index contributed by atoms with van der Waals surface area (Å²) in [6.45, 7) is 0. The van der Waals surface area contributed by atoms with E-state index >= 15 is 0 Å². The molecule has 0 fully saturated rings. The van der Waals surface area contributed by atoms with Gasteiger partial charge in [-0.2, -0.15) is 4.68 Å². The fraction of sp³-hybridized carbons (Fsp3) is 0.154. The van der Waals surface area contributed by atoms with E-state index < -0.39 is 0 Å². The number of H-pyrrole nitrogens is 1. The van der Waals surface area contributed by atoms with E-state index in [1.165, 1.54) is 6.33 Å². The van der Waals surface area contributed by atoms with Crippen molar-refractivity contribution in [2.24, 2.45) is 7.05 Å². The van der Waals surface area contributed by atoms with Crippen LogP contribution >= 0.6 is 23.2 Å². The monoisotopic (exact) mass is 543 g/mol. The van der Waals surface area contributed by atoms with Gasteiger partial charge in [0.25, 0.3) is 5.56 Å². The summed E-state index contributed by atoms with van der Waals surface area (Å²) in [7, 11) is 1.95. The average molecular weight is 544 g/mol. The Hall–Kier alpha value is -4.28. The highest BCUT2D eigenvalue weighted by atomic mass is 35.5. The molecule has 0 radical (unpaired) electrons. The summed E-state index contributed by atoms with van der Waals surface area (Å²) in [5.74, 6) is 0.650. The SMILES string of the molecule is Cn1cnc2cc(-c3nc(C4CCc5cc(-c6cc(Cl)ccc6-n6cnnn6)cc(=O)n54)[nH]c3Cl)ccc21. The topological polar surface area (TPSA) is 112 Å². The van der Waals surface area contributed by atoms with Crippen molar-refractivity contribution in [2.45, 2.75) is 18.9 Å². The summed E-state index contributed by atoms with van der Waals surface area (Å²) < 4.78 is 5.29. The largest absolute Gasteiger partial charge is 0.334 e. The Kier molecular flexibility index (Phi) is 5.20. The van der Waals surface area contributed by atoms with E-state index in [2.05, 4.69) is 25.5 Å². The molecule has 6 aromatic rings. The Morgan fingerprint density at radius 1 is 1.03 bits per heavy atom. The van der Waals surface area contributed by atoms with Crippen molar-refractivity contribution in [3.8, 4) is 28.1 Å². The van der Waals surface area contributed by atoms with Gasteiger partial charge in [0.1, 0.15) is 23.0 Å². The molecule has 0 spiro atoms. The second-order valence-electron chi connectivity index (χ2n) is 9.26. The Bertz CT molecular complexity index is 1900. The third kappa shape index (κ3) is 3.64. The first kappa shape index (κ1) is 22.9. The molecule has 188 valence electrons. The molecule has 0 bridgehead atoms. The zero-order valence-electron chi connectivity index (χ0n) is 20.0. The standard InChI is InChI=1S/C26H19Cl2N9O/c1-35-12-29-19-9-14(2-5-21(19)35)24-25(28)32-26(31-24)22-7-4-17-8-15(10-23(38)37(17)22)18-11-16(27)3-6-20(18)36-13-30-33-34-36/h2-3,5-6,8-13,22H,4,7H2,1H3,(H,31,32). The molecule has 7 rings (SSSR count). The van der Waals surface area contributed by atoms with Crippen LogP contribution in [0.25, 0.3) is 39.1 Å². The lowest BCUT2D eigenvalue weighted by atomic mass is 10.0. The summed E-state index contributed by atoms with van der Waals surface area (Å²) in [5, 5.41) is 12.4. The van der Waals surface area contributed by atoms with Crippen molar-refractivity contribution < 1.29 is 0 Å².